The molecule has 0 aromatic heterocycles. The Labute approximate surface area is 84.8 Å². The molecule has 0 saturated carbocycles. The summed E-state index contributed by atoms with van der Waals surface area (Å²) >= 11 is 0.714. The smallest absolute Gasteiger partial charge is 0.504 e. The molecule has 7 heteroatoms. The number of rotatable bonds is 4. The Hall–Kier alpha value is -1.73. The van der Waals surface area contributed by atoms with E-state index in [1.54, 1.807) is 12.3 Å². The van der Waals surface area contributed by atoms with Crippen LogP contribution in [0.25, 0.3) is 4.98 Å². The number of esters is 1. The van der Waals surface area contributed by atoms with Gasteiger partial charge in [0.1, 0.15) is 5.40 Å². The number of thioether (sulfide) groups is 1. The van der Waals surface area contributed by atoms with Gasteiger partial charge in [0, 0.05) is 0 Å². The summed E-state index contributed by atoms with van der Waals surface area (Å²) in [5, 5.41) is 27.5. The third kappa shape index (κ3) is 3.78. The Morgan fingerprint density at radius 3 is 2.79 bits per heavy atom. The summed E-state index contributed by atoms with van der Waals surface area (Å²) < 4.78 is 4.49. The molecule has 0 spiro atoms. The van der Waals surface area contributed by atoms with E-state index in [2.05, 4.69) is 9.71 Å². The summed E-state index contributed by atoms with van der Waals surface area (Å²) in [7, 11) is 0. The molecule has 0 aliphatic heterocycles. The Morgan fingerprint density at radius 1 is 1.71 bits per heavy atom. The highest BCUT2D eigenvalue weighted by Gasteiger charge is 2.30. The van der Waals surface area contributed by atoms with E-state index in [1.807, 2.05) is 0 Å². The van der Waals surface area contributed by atoms with Crippen molar-refractivity contribution in [1.29, 1.82) is 10.7 Å². The molecular formula is C7H8N3O3S+. The summed E-state index contributed by atoms with van der Waals surface area (Å²) in [5.41, 5.74) is -0.574. The van der Waals surface area contributed by atoms with Crippen LogP contribution in [0.5, 0.6) is 0 Å². The number of carbonyl (C=O) groups is 1. The van der Waals surface area contributed by atoms with E-state index in [-0.39, 0.29) is 12.4 Å². The van der Waals surface area contributed by atoms with Gasteiger partial charge in [-0.25, -0.2) is 4.79 Å². The average Bonchev–Trinajstić information content (AvgIpc) is 2.16. The van der Waals surface area contributed by atoms with Gasteiger partial charge in [0.15, 0.2) is 4.98 Å². The average molecular weight is 214 g/mol. The van der Waals surface area contributed by atoms with Crippen molar-refractivity contribution in [3.8, 4) is 5.40 Å². The van der Waals surface area contributed by atoms with Gasteiger partial charge in [0.05, 0.1) is 12.4 Å². The number of carbonyl (C=O) groups excluding carboxylic acids is 1. The summed E-state index contributed by atoms with van der Waals surface area (Å²) in [6.07, 6.45) is 0. The Balaban J connectivity index is 4.61. The van der Waals surface area contributed by atoms with Gasteiger partial charge in [-0.2, -0.15) is 5.26 Å². The maximum absolute atomic E-state index is 11.0. The third-order valence-corrected chi connectivity index (χ3v) is 1.66. The minimum Gasteiger partial charge on any atom is -0.504 e. The van der Waals surface area contributed by atoms with Gasteiger partial charge in [-0.15, -0.1) is 0 Å². The van der Waals surface area contributed by atoms with E-state index in [0.29, 0.717) is 11.8 Å². The summed E-state index contributed by atoms with van der Waals surface area (Å²) in [6, 6.07) is 0. The minimum absolute atomic E-state index is 0.108. The largest absolute Gasteiger partial charge is 0.506 e. The minimum atomic E-state index is -0.925. The standard InChI is InChI=1S/C7H7N3O3S/c1-2-13-7(12)6(10-9)5(11)3-14-4-8/h2-3H2,1H3/p+1. The van der Waals surface area contributed by atoms with Gasteiger partial charge in [-0.3, -0.25) is 0 Å². The van der Waals surface area contributed by atoms with Crippen LogP contribution in [-0.4, -0.2) is 23.4 Å². The maximum Gasteiger partial charge on any atom is 0.506 e. The lowest BCUT2D eigenvalue weighted by Gasteiger charge is -1.94. The highest BCUT2D eigenvalue weighted by Crippen LogP contribution is 2.11. The second-order valence-corrected chi connectivity index (χ2v) is 2.76. The fourth-order valence-corrected chi connectivity index (χ4v) is 0.923. The zero-order valence-electron chi connectivity index (χ0n) is 7.43. The number of nitriles is 1. The Kier molecular flexibility index (Phi) is 5.92. The lowest BCUT2D eigenvalue weighted by atomic mass is 10.4. The van der Waals surface area contributed by atoms with Crippen molar-refractivity contribution in [3.63, 3.8) is 0 Å². The molecule has 0 heterocycles. The van der Waals surface area contributed by atoms with Crippen molar-refractivity contribution in [3.05, 3.63) is 16.4 Å². The van der Waals surface area contributed by atoms with Gasteiger partial charge in [-0.1, -0.05) is 0 Å². The van der Waals surface area contributed by atoms with Crippen LogP contribution in [0.3, 0.4) is 0 Å². The molecule has 14 heavy (non-hydrogen) atoms. The monoisotopic (exact) mass is 214 g/mol. The Bertz CT molecular complexity index is 326. The highest BCUT2D eigenvalue weighted by atomic mass is 32.2. The molecule has 0 rings (SSSR count). The molecule has 0 unspecified atom stereocenters. The highest BCUT2D eigenvalue weighted by molar-refractivity contribution is 8.03. The number of aliphatic hydroxyl groups is 1. The van der Waals surface area contributed by atoms with E-state index in [9.17, 15) is 9.90 Å². The molecular weight excluding hydrogens is 206 g/mol. The molecule has 0 bridgehead atoms. The molecule has 74 valence electrons. The van der Waals surface area contributed by atoms with Gasteiger partial charge in [0.2, 0.25) is 11.2 Å². The fraction of sp³-hybridized carbons (Fsp3) is 0.429. The number of hydrogen-bond acceptors (Lipinski definition) is 6. The zero-order chi connectivity index (χ0) is 11.0. The van der Waals surface area contributed by atoms with Crippen LogP contribution >= 0.6 is 11.8 Å². The molecule has 0 aliphatic carbocycles. The molecule has 0 atom stereocenters. The fourth-order valence-electron chi connectivity index (χ4n) is 0.585. The van der Waals surface area contributed by atoms with Crippen LogP contribution in [0.15, 0.2) is 11.5 Å². The van der Waals surface area contributed by atoms with Gasteiger partial charge >= 0.3 is 11.7 Å². The van der Waals surface area contributed by atoms with Crippen LogP contribution in [0.4, 0.5) is 0 Å². The summed E-state index contributed by atoms with van der Waals surface area (Å²) in [6.45, 7) is 1.69. The second-order valence-electron chi connectivity index (χ2n) is 2.00. The van der Waals surface area contributed by atoms with Crippen molar-refractivity contribution >= 4 is 17.7 Å². The first kappa shape index (κ1) is 12.3. The van der Waals surface area contributed by atoms with E-state index >= 15 is 0 Å². The van der Waals surface area contributed by atoms with Crippen LogP contribution in [0.1, 0.15) is 6.92 Å². The molecule has 0 fully saturated rings. The van der Waals surface area contributed by atoms with Crippen molar-refractivity contribution < 1.29 is 14.6 Å². The molecule has 0 radical (unpaired) electrons. The first-order chi connectivity index (χ1) is 6.67. The van der Waals surface area contributed by atoms with Crippen LogP contribution in [-0.2, 0) is 9.53 Å². The zero-order valence-corrected chi connectivity index (χ0v) is 8.24. The lowest BCUT2D eigenvalue weighted by molar-refractivity contribution is -0.138. The van der Waals surface area contributed by atoms with Crippen molar-refractivity contribution in [1.82, 2.24) is 0 Å². The SMILES string of the molecule is CCOC(=O)/C([N+]#N)=C(\O)CSC#N. The number of diazo groups is 1. The van der Waals surface area contributed by atoms with Crippen LogP contribution < -0.4 is 0 Å². The van der Waals surface area contributed by atoms with Crippen molar-refractivity contribution in [2.75, 3.05) is 12.4 Å². The van der Waals surface area contributed by atoms with Crippen molar-refractivity contribution in [2.45, 2.75) is 6.92 Å². The maximum atomic E-state index is 11.0. The number of aliphatic hydroxyl groups excluding tert-OH is 1. The Morgan fingerprint density at radius 2 is 2.36 bits per heavy atom. The number of ether oxygens (including phenoxy) is 1. The predicted molar refractivity (Wildman–Crippen MR) is 49.4 cm³/mol. The predicted octanol–water partition coefficient (Wildman–Crippen LogP) is 1.39. The van der Waals surface area contributed by atoms with Crippen molar-refractivity contribution in [2.24, 2.45) is 0 Å². The summed E-state index contributed by atoms with van der Waals surface area (Å²) in [5.74, 6) is -1.54. The topological polar surface area (TPSA) is 98.5 Å². The normalized spacial score (nSPS) is 10.8. The molecule has 0 saturated heterocycles. The van der Waals surface area contributed by atoms with Crippen LogP contribution in [0, 0.1) is 16.1 Å². The van der Waals surface area contributed by atoms with E-state index < -0.39 is 17.4 Å². The van der Waals surface area contributed by atoms with E-state index in [0.717, 1.165) is 0 Å². The molecule has 0 aliphatic rings. The number of nitrogens with zero attached hydrogens (tertiary/aromatic N) is 3. The van der Waals surface area contributed by atoms with E-state index in [4.69, 9.17) is 10.7 Å². The third-order valence-electron chi connectivity index (χ3n) is 1.12. The lowest BCUT2D eigenvalue weighted by Crippen LogP contribution is -2.08. The second kappa shape index (κ2) is 6.75. The van der Waals surface area contributed by atoms with Crippen LogP contribution in [0.2, 0.25) is 0 Å². The molecule has 0 amide bonds. The first-order valence-corrected chi connectivity index (χ1v) is 4.61. The first-order valence-electron chi connectivity index (χ1n) is 3.62. The quantitative estimate of drug-likeness (QED) is 0.249. The van der Waals surface area contributed by atoms with E-state index in [1.165, 1.54) is 0 Å². The van der Waals surface area contributed by atoms with Gasteiger partial charge in [-0.05, 0) is 18.7 Å². The number of thiocyanates is 1. The summed E-state index contributed by atoms with van der Waals surface area (Å²) in [4.78, 5) is 13.6. The molecule has 0 aromatic carbocycles. The van der Waals surface area contributed by atoms with Gasteiger partial charge < -0.3 is 9.84 Å². The number of hydrogen-bond donors (Lipinski definition) is 1. The molecule has 1 N–H and O–H groups in total. The molecule has 6 nitrogen and oxygen atoms in total. The molecule has 0 aromatic rings. The van der Waals surface area contributed by atoms with Gasteiger partial charge in [0.25, 0.3) is 0 Å².